The van der Waals surface area contributed by atoms with Gasteiger partial charge in [-0.3, -0.25) is 0 Å². The topological polar surface area (TPSA) is 40.6 Å². The second kappa shape index (κ2) is 4.44. The van der Waals surface area contributed by atoms with Gasteiger partial charge in [-0.25, -0.2) is 0 Å². The van der Waals surface area contributed by atoms with Crippen LogP contribution in [0.2, 0.25) is 0 Å². The first kappa shape index (κ1) is 12.0. The number of hydrogen-bond donors (Lipinski definition) is 0. The van der Waals surface area contributed by atoms with Crippen LogP contribution in [-0.4, -0.2) is 37.7 Å². The van der Waals surface area contributed by atoms with Crippen molar-refractivity contribution in [3.05, 3.63) is 22.4 Å². The summed E-state index contributed by atoms with van der Waals surface area (Å²) in [6.07, 6.45) is 1.86. The van der Waals surface area contributed by atoms with Crippen LogP contribution in [0, 0.1) is 0 Å². The molecular formula is C10H16N2O2S2. The summed E-state index contributed by atoms with van der Waals surface area (Å²) in [5.41, 5.74) is 1.12. The zero-order valence-electron chi connectivity index (χ0n) is 9.46. The summed E-state index contributed by atoms with van der Waals surface area (Å²) in [6, 6.07) is 2.04. The van der Waals surface area contributed by atoms with E-state index in [1.165, 1.54) is 4.31 Å². The molecule has 1 aliphatic rings. The Bertz CT molecular complexity index is 439. The third kappa shape index (κ3) is 2.02. The van der Waals surface area contributed by atoms with Crippen LogP contribution in [0.4, 0.5) is 0 Å². The molecule has 0 bridgehead atoms. The molecule has 6 heteroatoms. The first-order valence-corrected chi connectivity index (χ1v) is 7.59. The number of hydrogen-bond acceptors (Lipinski definition) is 3. The van der Waals surface area contributed by atoms with Gasteiger partial charge in [-0.2, -0.15) is 28.4 Å². The van der Waals surface area contributed by atoms with E-state index in [0.717, 1.165) is 18.4 Å². The summed E-state index contributed by atoms with van der Waals surface area (Å²) < 4.78 is 27.1. The van der Waals surface area contributed by atoms with Crippen molar-refractivity contribution in [2.75, 3.05) is 20.6 Å². The molecule has 1 aliphatic heterocycles. The summed E-state index contributed by atoms with van der Waals surface area (Å²) in [5, 5.41) is 4.03. The third-order valence-corrected chi connectivity index (χ3v) is 5.54. The molecule has 1 fully saturated rings. The molecular weight excluding hydrogens is 244 g/mol. The van der Waals surface area contributed by atoms with E-state index < -0.39 is 10.2 Å². The Labute approximate surface area is 101 Å². The SMILES string of the molecule is CN(C)S(=O)(=O)N1CCCC1c1ccsc1. The second-order valence-corrected chi connectivity index (χ2v) is 6.99. The first-order valence-electron chi connectivity index (χ1n) is 5.25. The van der Waals surface area contributed by atoms with E-state index in [1.54, 1.807) is 29.7 Å². The van der Waals surface area contributed by atoms with Gasteiger partial charge in [0.15, 0.2) is 0 Å². The maximum absolute atomic E-state index is 12.1. The lowest BCUT2D eigenvalue weighted by Crippen LogP contribution is -2.39. The lowest BCUT2D eigenvalue weighted by molar-refractivity contribution is 0.363. The van der Waals surface area contributed by atoms with Crippen molar-refractivity contribution in [1.29, 1.82) is 0 Å². The molecule has 1 aromatic heterocycles. The fourth-order valence-corrected chi connectivity index (χ4v) is 4.06. The Hall–Kier alpha value is -0.430. The number of nitrogens with zero attached hydrogens (tertiary/aromatic N) is 2. The van der Waals surface area contributed by atoms with Gasteiger partial charge in [0.25, 0.3) is 10.2 Å². The van der Waals surface area contributed by atoms with Crippen molar-refractivity contribution in [3.8, 4) is 0 Å². The molecule has 0 aromatic carbocycles. The van der Waals surface area contributed by atoms with Gasteiger partial charge in [0.05, 0.1) is 6.04 Å². The first-order chi connectivity index (χ1) is 7.53. The third-order valence-electron chi connectivity index (χ3n) is 2.89. The Morgan fingerprint density at radius 1 is 1.50 bits per heavy atom. The van der Waals surface area contributed by atoms with Crippen LogP contribution in [0.25, 0.3) is 0 Å². The van der Waals surface area contributed by atoms with Gasteiger partial charge in [-0.05, 0) is 35.2 Å². The van der Waals surface area contributed by atoms with Crippen molar-refractivity contribution in [1.82, 2.24) is 8.61 Å². The average molecular weight is 260 g/mol. The monoisotopic (exact) mass is 260 g/mol. The normalized spacial score (nSPS) is 23.1. The molecule has 0 radical (unpaired) electrons. The molecule has 0 amide bonds. The van der Waals surface area contributed by atoms with Crippen molar-refractivity contribution in [3.63, 3.8) is 0 Å². The largest absolute Gasteiger partial charge is 0.282 e. The Morgan fingerprint density at radius 2 is 2.25 bits per heavy atom. The van der Waals surface area contributed by atoms with Gasteiger partial charge in [0.2, 0.25) is 0 Å². The highest BCUT2D eigenvalue weighted by Crippen LogP contribution is 2.35. The minimum absolute atomic E-state index is 0.0265. The maximum atomic E-state index is 12.1. The van der Waals surface area contributed by atoms with Gasteiger partial charge in [0, 0.05) is 20.6 Å². The predicted octanol–water partition coefficient (Wildman–Crippen LogP) is 1.69. The van der Waals surface area contributed by atoms with Crippen LogP contribution >= 0.6 is 11.3 Å². The minimum atomic E-state index is -3.28. The molecule has 16 heavy (non-hydrogen) atoms. The second-order valence-electron chi connectivity index (χ2n) is 4.12. The van der Waals surface area contributed by atoms with Crippen molar-refractivity contribution in [2.24, 2.45) is 0 Å². The molecule has 0 spiro atoms. The summed E-state index contributed by atoms with van der Waals surface area (Å²) >= 11 is 1.61. The fourth-order valence-electron chi connectivity index (χ4n) is 2.02. The van der Waals surface area contributed by atoms with E-state index in [4.69, 9.17) is 0 Å². The molecule has 0 N–H and O–H groups in total. The molecule has 90 valence electrons. The van der Waals surface area contributed by atoms with E-state index in [1.807, 2.05) is 16.8 Å². The molecule has 2 heterocycles. The molecule has 0 aliphatic carbocycles. The van der Waals surface area contributed by atoms with E-state index >= 15 is 0 Å². The summed E-state index contributed by atoms with van der Waals surface area (Å²) in [5.74, 6) is 0. The van der Waals surface area contributed by atoms with Crippen LogP contribution in [0.5, 0.6) is 0 Å². The van der Waals surface area contributed by atoms with E-state index in [0.29, 0.717) is 6.54 Å². The molecule has 4 nitrogen and oxygen atoms in total. The smallest absolute Gasteiger partial charge is 0.195 e. The van der Waals surface area contributed by atoms with Crippen molar-refractivity contribution in [2.45, 2.75) is 18.9 Å². The average Bonchev–Trinajstić information content (AvgIpc) is 2.88. The summed E-state index contributed by atoms with van der Waals surface area (Å²) in [6.45, 7) is 0.626. The zero-order valence-corrected chi connectivity index (χ0v) is 11.1. The lowest BCUT2D eigenvalue weighted by Gasteiger charge is -2.26. The number of thiophene rings is 1. The van der Waals surface area contributed by atoms with Gasteiger partial charge >= 0.3 is 0 Å². The van der Waals surface area contributed by atoms with Gasteiger partial charge < -0.3 is 0 Å². The van der Waals surface area contributed by atoms with Crippen molar-refractivity contribution < 1.29 is 8.42 Å². The molecule has 1 atom stereocenters. The lowest BCUT2D eigenvalue weighted by atomic mass is 10.1. The van der Waals surface area contributed by atoms with Gasteiger partial charge in [-0.1, -0.05) is 0 Å². The van der Waals surface area contributed by atoms with Gasteiger partial charge in [0.1, 0.15) is 0 Å². The van der Waals surface area contributed by atoms with Crippen LogP contribution in [0.15, 0.2) is 16.8 Å². The molecule has 2 rings (SSSR count). The van der Waals surface area contributed by atoms with Crippen LogP contribution in [0.3, 0.4) is 0 Å². The highest BCUT2D eigenvalue weighted by atomic mass is 32.2. The minimum Gasteiger partial charge on any atom is -0.195 e. The van der Waals surface area contributed by atoms with Gasteiger partial charge in [-0.15, -0.1) is 0 Å². The predicted molar refractivity (Wildman–Crippen MR) is 65.6 cm³/mol. The fraction of sp³-hybridized carbons (Fsp3) is 0.600. The number of rotatable bonds is 3. The quantitative estimate of drug-likeness (QED) is 0.830. The molecule has 1 aromatic rings. The summed E-state index contributed by atoms with van der Waals surface area (Å²) in [4.78, 5) is 0. The Balaban J connectivity index is 2.29. The van der Waals surface area contributed by atoms with E-state index in [2.05, 4.69) is 0 Å². The highest BCUT2D eigenvalue weighted by Gasteiger charge is 2.36. The van der Waals surface area contributed by atoms with Crippen LogP contribution in [-0.2, 0) is 10.2 Å². The Kier molecular flexibility index (Phi) is 3.34. The molecule has 1 unspecified atom stereocenters. The summed E-state index contributed by atoms with van der Waals surface area (Å²) in [7, 11) is -0.117. The van der Waals surface area contributed by atoms with E-state index in [9.17, 15) is 8.42 Å². The van der Waals surface area contributed by atoms with Crippen LogP contribution in [0.1, 0.15) is 24.4 Å². The highest BCUT2D eigenvalue weighted by molar-refractivity contribution is 7.86. The standard InChI is InChI=1S/C10H16N2O2S2/c1-11(2)16(13,14)12-6-3-4-10(12)9-5-7-15-8-9/h5,7-8,10H,3-4,6H2,1-2H3. The van der Waals surface area contributed by atoms with Crippen LogP contribution < -0.4 is 0 Å². The maximum Gasteiger partial charge on any atom is 0.282 e. The van der Waals surface area contributed by atoms with Crippen molar-refractivity contribution >= 4 is 21.5 Å². The Morgan fingerprint density at radius 3 is 2.81 bits per heavy atom. The zero-order chi connectivity index (χ0) is 11.8. The molecule has 1 saturated heterocycles. The van der Waals surface area contributed by atoms with E-state index in [-0.39, 0.29) is 6.04 Å². The molecule has 0 saturated carbocycles.